The zero-order chi connectivity index (χ0) is 17.7. The van der Waals surface area contributed by atoms with E-state index in [1.54, 1.807) is 18.0 Å². The van der Waals surface area contributed by atoms with Gasteiger partial charge in [-0.15, -0.1) is 17.9 Å². The van der Waals surface area contributed by atoms with Crippen molar-refractivity contribution >= 4 is 0 Å². The van der Waals surface area contributed by atoms with E-state index in [1.165, 1.54) is 11.1 Å². The van der Waals surface area contributed by atoms with E-state index in [2.05, 4.69) is 0 Å². The third-order valence-electron chi connectivity index (χ3n) is 4.81. The minimum atomic E-state index is -1.16. The van der Waals surface area contributed by atoms with Crippen molar-refractivity contribution in [1.29, 1.82) is 0 Å². The summed E-state index contributed by atoms with van der Waals surface area (Å²) in [5.41, 5.74) is 6.09. The summed E-state index contributed by atoms with van der Waals surface area (Å²) in [7, 11) is 0. The molecule has 0 radical (unpaired) electrons. The van der Waals surface area contributed by atoms with Gasteiger partial charge in [0.15, 0.2) is 6.29 Å². The molecule has 7 nitrogen and oxygen atoms in total. The maximum Gasteiger partial charge on any atom is 0.176 e. The van der Waals surface area contributed by atoms with Gasteiger partial charge in [0, 0.05) is 12.5 Å². The van der Waals surface area contributed by atoms with E-state index in [9.17, 15) is 23.0 Å². The number of hydrogen-bond donors (Lipinski definition) is 5. The minimum Gasteiger partial charge on any atom is -0.390 e. The van der Waals surface area contributed by atoms with Gasteiger partial charge in [0.2, 0.25) is 0 Å². The average Bonchev–Trinajstić information content (AvgIpc) is 2.90. The fourth-order valence-electron chi connectivity index (χ4n) is 3.33. The van der Waals surface area contributed by atoms with Crippen LogP contribution in [-0.4, -0.2) is 54.4 Å². The topological polar surface area (TPSA) is 86.8 Å². The number of ether oxygens (including phenoxy) is 2. The Bertz CT molecular complexity index is 387. The molecule has 0 amide bonds. The van der Waals surface area contributed by atoms with E-state index in [0.29, 0.717) is 12.8 Å². The fraction of sp³-hybridized carbons (Fsp3) is 1.00. The summed E-state index contributed by atoms with van der Waals surface area (Å²) in [6.45, 7) is 1.39. The van der Waals surface area contributed by atoms with Crippen molar-refractivity contribution in [1.82, 2.24) is 22.2 Å². The van der Waals surface area contributed by atoms with Crippen molar-refractivity contribution in [2.24, 2.45) is 5.92 Å². The van der Waals surface area contributed by atoms with Gasteiger partial charge in [-0.3, -0.25) is 0 Å². The van der Waals surface area contributed by atoms with E-state index in [0.717, 1.165) is 0 Å². The molecule has 1 heterocycles. The van der Waals surface area contributed by atoms with E-state index in [1.807, 2.05) is 0 Å². The second-order valence-corrected chi connectivity index (χ2v) is 6.37. The smallest absolute Gasteiger partial charge is 0.176 e. The third-order valence-corrected chi connectivity index (χ3v) is 4.81. The molecule has 142 valence electrons. The summed E-state index contributed by atoms with van der Waals surface area (Å²) in [6.07, 6.45) is -3.09. The zero-order valence-electron chi connectivity index (χ0n) is 13.2. The second-order valence-electron chi connectivity index (χ2n) is 6.37. The van der Waals surface area contributed by atoms with E-state index < -0.39 is 48.6 Å². The maximum absolute atomic E-state index is 13.0. The lowest BCUT2D eigenvalue weighted by Gasteiger charge is -2.39. The van der Waals surface area contributed by atoms with Crippen LogP contribution >= 0.6 is 0 Å². The molecule has 11 heteroatoms. The third kappa shape index (κ3) is 4.34. The lowest BCUT2D eigenvalue weighted by molar-refractivity contribution is -0.252. The standard InChI is InChI=1S/C13H24F4N4O3/c1-6(19-15)10-3-2-8(20-16)13(23-10)24-12-9(21-17)4-7(5-18-14)11(12)22/h6-13,18-22H,2-5H2,1H3. The van der Waals surface area contributed by atoms with E-state index in [-0.39, 0.29) is 13.0 Å². The predicted octanol–water partition coefficient (Wildman–Crippen LogP) is 0.280. The maximum atomic E-state index is 13.0. The van der Waals surface area contributed by atoms with Gasteiger partial charge in [-0.05, 0) is 26.2 Å². The largest absolute Gasteiger partial charge is 0.390 e. The van der Waals surface area contributed by atoms with Gasteiger partial charge in [0.25, 0.3) is 0 Å². The molecule has 2 rings (SSSR count). The molecule has 2 fully saturated rings. The van der Waals surface area contributed by atoms with Crippen molar-refractivity contribution in [2.75, 3.05) is 6.54 Å². The number of aliphatic hydroxyl groups excluding tert-OH is 1. The molecule has 0 aromatic rings. The van der Waals surface area contributed by atoms with Crippen LogP contribution in [0.2, 0.25) is 0 Å². The number of aliphatic hydroxyl groups is 1. The Morgan fingerprint density at radius 2 is 1.88 bits per heavy atom. The Morgan fingerprint density at radius 3 is 2.46 bits per heavy atom. The van der Waals surface area contributed by atoms with E-state index >= 15 is 0 Å². The molecule has 0 aromatic carbocycles. The molecule has 0 aromatic heterocycles. The van der Waals surface area contributed by atoms with Crippen molar-refractivity contribution in [3.05, 3.63) is 0 Å². The van der Waals surface area contributed by atoms with Gasteiger partial charge in [0.05, 0.1) is 30.3 Å². The lowest BCUT2D eigenvalue weighted by Crippen LogP contribution is -2.54. The summed E-state index contributed by atoms with van der Waals surface area (Å²) in [5, 5.41) is 10.2. The molecule has 24 heavy (non-hydrogen) atoms. The van der Waals surface area contributed by atoms with Crippen LogP contribution in [0.5, 0.6) is 0 Å². The van der Waals surface area contributed by atoms with Crippen LogP contribution in [-0.2, 0) is 9.47 Å². The van der Waals surface area contributed by atoms with Crippen molar-refractivity contribution < 1.29 is 32.5 Å². The molecule has 2 aliphatic rings. The van der Waals surface area contributed by atoms with Crippen molar-refractivity contribution in [3.63, 3.8) is 0 Å². The Balaban J connectivity index is 2.04. The molecule has 1 saturated carbocycles. The Hall–Kier alpha value is -0.560. The van der Waals surface area contributed by atoms with Gasteiger partial charge >= 0.3 is 0 Å². The highest BCUT2D eigenvalue weighted by Crippen LogP contribution is 2.32. The van der Waals surface area contributed by atoms with E-state index in [4.69, 9.17) is 9.47 Å². The van der Waals surface area contributed by atoms with Gasteiger partial charge < -0.3 is 14.6 Å². The lowest BCUT2D eigenvalue weighted by atomic mass is 10.00. The summed E-state index contributed by atoms with van der Waals surface area (Å²) in [4.78, 5) is 0. The number of halogens is 4. The normalized spacial score (nSPS) is 41.5. The second kappa shape index (κ2) is 9.22. The molecule has 8 atom stereocenters. The SMILES string of the molecule is CC(NF)C1CCC(NF)C(OC2C(NF)CC(CNF)C2O)O1. The van der Waals surface area contributed by atoms with Crippen LogP contribution in [0.4, 0.5) is 17.9 Å². The highest BCUT2D eigenvalue weighted by molar-refractivity contribution is 4.97. The summed E-state index contributed by atoms with van der Waals surface area (Å²) in [5.74, 6) is -0.573. The van der Waals surface area contributed by atoms with Gasteiger partial charge in [0.1, 0.15) is 6.10 Å². The predicted molar refractivity (Wildman–Crippen MR) is 75.8 cm³/mol. The first kappa shape index (κ1) is 19.8. The average molecular weight is 360 g/mol. The van der Waals surface area contributed by atoms with Crippen LogP contribution in [0.1, 0.15) is 26.2 Å². The molecule has 8 unspecified atom stereocenters. The Morgan fingerprint density at radius 1 is 1.17 bits per heavy atom. The molecule has 1 aliphatic carbocycles. The van der Waals surface area contributed by atoms with Gasteiger partial charge in [-0.2, -0.15) is 22.2 Å². The quantitative estimate of drug-likeness (QED) is 0.314. The molecular weight excluding hydrogens is 336 g/mol. The number of rotatable bonds is 8. The first-order valence-electron chi connectivity index (χ1n) is 7.96. The Kier molecular flexibility index (Phi) is 7.60. The minimum absolute atomic E-state index is 0.131. The molecule has 0 spiro atoms. The van der Waals surface area contributed by atoms with Crippen molar-refractivity contribution in [3.8, 4) is 0 Å². The van der Waals surface area contributed by atoms with Crippen LogP contribution < -0.4 is 22.2 Å². The summed E-state index contributed by atoms with van der Waals surface area (Å²) < 4.78 is 62.0. The van der Waals surface area contributed by atoms with Crippen molar-refractivity contribution in [2.45, 2.75) is 68.9 Å². The fourth-order valence-corrected chi connectivity index (χ4v) is 3.33. The van der Waals surface area contributed by atoms with Gasteiger partial charge in [-0.1, -0.05) is 0 Å². The van der Waals surface area contributed by atoms with Gasteiger partial charge in [-0.25, -0.2) is 0 Å². The number of hydrogen-bond acceptors (Lipinski definition) is 7. The molecular formula is C13H24F4N4O3. The highest BCUT2D eigenvalue weighted by Gasteiger charge is 2.46. The highest BCUT2D eigenvalue weighted by atomic mass is 19.2. The Labute approximate surface area is 137 Å². The zero-order valence-corrected chi connectivity index (χ0v) is 13.2. The first-order valence-corrected chi connectivity index (χ1v) is 7.96. The molecule has 5 N–H and O–H groups in total. The monoisotopic (exact) mass is 360 g/mol. The van der Waals surface area contributed by atoms with Crippen LogP contribution in [0.25, 0.3) is 0 Å². The molecule has 1 aliphatic heterocycles. The molecule has 1 saturated heterocycles. The van der Waals surface area contributed by atoms with Crippen LogP contribution in [0.15, 0.2) is 0 Å². The van der Waals surface area contributed by atoms with Crippen LogP contribution in [0.3, 0.4) is 0 Å². The first-order chi connectivity index (χ1) is 11.5. The number of nitrogens with one attached hydrogen (secondary N) is 4. The van der Waals surface area contributed by atoms with Crippen LogP contribution in [0, 0.1) is 5.92 Å². The molecule has 0 bridgehead atoms. The summed E-state index contributed by atoms with van der Waals surface area (Å²) >= 11 is 0. The summed E-state index contributed by atoms with van der Waals surface area (Å²) in [6, 6.07) is -2.36.